The van der Waals surface area contributed by atoms with E-state index < -0.39 is 0 Å². The fourth-order valence-electron chi connectivity index (χ4n) is 2.15. The van der Waals surface area contributed by atoms with Gasteiger partial charge in [-0.25, -0.2) is 9.37 Å². The number of rotatable bonds is 2. The van der Waals surface area contributed by atoms with E-state index in [0.717, 1.165) is 5.52 Å². The van der Waals surface area contributed by atoms with Gasteiger partial charge in [-0.15, -0.1) is 11.6 Å². The van der Waals surface area contributed by atoms with Gasteiger partial charge in [0.15, 0.2) is 0 Å². The van der Waals surface area contributed by atoms with Crippen LogP contribution in [0.3, 0.4) is 0 Å². The maximum absolute atomic E-state index is 14.2. The van der Waals surface area contributed by atoms with Crippen molar-refractivity contribution >= 4 is 50.2 Å². The van der Waals surface area contributed by atoms with Gasteiger partial charge in [-0.2, -0.15) is 0 Å². The monoisotopic (exact) mass is 372 g/mol. The van der Waals surface area contributed by atoms with Crippen LogP contribution in [-0.4, -0.2) is 9.55 Å². The van der Waals surface area contributed by atoms with Gasteiger partial charge in [0.2, 0.25) is 0 Å². The van der Waals surface area contributed by atoms with Gasteiger partial charge >= 0.3 is 0 Å². The molecule has 0 radical (unpaired) electrons. The molecule has 0 spiro atoms. The van der Waals surface area contributed by atoms with E-state index in [9.17, 15) is 4.39 Å². The number of nitrogens with zero attached hydrogens (tertiary/aromatic N) is 2. The average Bonchev–Trinajstić information content (AvgIpc) is 2.76. The van der Waals surface area contributed by atoms with Crippen molar-refractivity contribution in [1.82, 2.24) is 9.55 Å². The van der Waals surface area contributed by atoms with Gasteiger partial charge in [0, 0.05) is 9.50 Å². The van der Waals surface area contributed by atoms with Crippen LogP contribution in [0.2, 0.25) is 5.02 Å². The van der Waals surface area contributed by atoms with Crippen molar-refractivity contribution in [1.29, 1.82) is 0 Å². The average molecular weight is 374 g/mol. The maximum Gasteiger partial charge on any atom is 0.148 e. The molecule has 1 heterocycles. The van der Waals surface area contributed by atoms with Crippen LogP contribution in [0.4, 0.5) is 4.39 Å². The molecule has 0 saturated carbocycles. The highest BCUT2D eigenvalue weighted by Crippen LogP contribution is 2.30. The van der Waals surface area contributed by atoms with Crippen molar-refractivity contribution in [3.05, 3.63) is 57.5 Å². The lowest BCUT2D eigenvalue weighted by Crippen LogP contribution is -2.03. The Morgan fingerprint density at radius 1 is 1.25 bits per heavy atom. The topological polar surface area (TPSA) is 17.8 Å². The molecule has 20 heavy (non-hydrogen) atoms. The van der Waals surface area contributed by atoms with Crippen LogP contribution in [0.1, 0.15) is 5.82 Å². The summed E-state index contributed by atoms with van der Waals surface area (Å²) in [5, 5.41) is 0.580. The molecule has 0 unspecified atom stereocenters. The second-order valence-electron chi connectivity index (χ2n) is 4.20. The number of fused-ring (bicyclic) bond motifs is 1. The van der Waals surface area contributed by atoms with E-state index in [4.69, 9.17) is 23.2 Å². The smallest absolute Gasteiger partial charge is 0.148 e. The SMILES string of the molecule is Fc1cccc(Br)c1-n1c(CCl)nc2cc(Cl)ccc21. The van der Waals surface area contributed by atoms with Crippen LogP contribution in [0.25, 0.3) is 16.7 Å². The van der Waals surface area contributed by atoms with Gasteiger partial charge in [-0.05, 0) is 46.3 Å². The minimum Gasteiger partial charge on any atom is -0.291 e. The fourth-order valence-corrected chi connectivity index (χ4v) is 3.01. The number of hydrogen-bond acceptors (Lipinski definition) is 1. The molecule has 102 valence electrons. The van der Waals surface area contributed by atoms with Crippen LogP contribution >= 0.6 is 39.1 Å². The molecule has 0 bridgehead atoms. The third-order valence-corrected chi connectivity index (χ3v) is 4.08. The first-order chi connectivity index (χ1) is 9.61. The molecule has 0 aliphatic heterocycles. The quantitative estimate of drug-likeness (QED) is 0.556. The Kier molecular flexibility index (Phi) is 3.71. The summed E-state index contributed by atoms with van der Waals surface area (Å²) in [6, 6.07) is 10.1. The molecule has 3 aromatic rings. The molecule has 0 aliphatic carbocycles. The van der Waals surface area contributed by atoms with Crippen LogP contribution in [0, 0.1) is 5.82 Å². The second-order valence-corrected chi connectivity index (χ2v) is 5.76. The maximum atomic E-state index is 14.2. The number of alkyl halides is 1. The van der Waals surface area contributed by atoms with Crippen molar-refractivity contribution in [3.63, 3.8) is 0 Å². The van der Waals surface area contributed by atoms with E-state index in [-0.39, 0.29) is 11.7 Å². The number of imidazole rings is 1. The number of hydrogen-bond donors (Lipinski definition) is 0. The summed E-state index contributed by atoms with van der Waals surface area (Å²) in [5.74, 6) is 0.391. The summed E-state index contributed by atoms with van der Waals surface area (Å²) in [5.41, 5.74) is 1.84. The van der Waals surface area contributed by atoms with Gasteiger partial charge in [-0.3, -0.25) is 4.57 Å². The summed E-state index contributed by atoms with van der Waals surface area (Å²) in [6.45, 7) is 0. The van der Waals surface area contributed by atoms with Crippen LogP contribution < -0.4 is 0 Å². The Labute approximate surface area is 133 Å². The van der Waals surface area contributed by atoms with Crippen molar-refractivity contribution in [3.8, 4) is 5.69 Å². The lowest BCUT2D eigenvalue weighted by atomic mass is 10.2. The number of para-hydroxylation sites is 1. The highest BCUT2D eigenvalue weighted by atomic mass is 79.9. The summed E-state index contributed by atoms with van der Waals surface area (Å²) in [4.78, 5) is 4.41. The number of halogens is 4. The molecule has 2 aromatic carbocycles. The Balaban J connectivity index is 2.40. The third-order valence-electron chi connectivity index (χ3n) is 2.97. The zero-order valence-corrected chi connectivity index (χ0v) is 13.2. The molecule has 1 aromatic heterocycles. The van der Waals surface area contributed by atoms with Crippen molar-refractivity contribution < 1.29 is 4.39 Å². The van der Waals surface area contributed by atoms with Crippen molar-refractivity contribution in [2.24, 2.45) is 0 Å². The molecule has 0 N–H and O–H groups in total. The largest absolute Gasteiger partial charge is 0.291 e. The van der Waals surface area contributed by atoms with Gasteiger partial charge in [0.25, 0.3) is 0 Å². The molecule has 2 nitrogen and oxygen atoms in total. The Bertz CT molecular complexity index is 781. The predicted octanol–water partition coefficient (Wildman–Crippen LogP) is 5.32. The first-order valence-electron chi connectivity index (χ1n) is 5.79. The molecular weight excluding hydrogens is 366 g/mol. The lowest BCUT2D eigenvalue weighted by molar-refractivity contribution is 0.616. The molecule has 0 atom stereocenters. The minimum atomic E-state index is -0.347. The van der Waals surface area contributed by atoms with Gasteiger partial charge in [0.1, 0.15) is 11.6 Å². The van der Waals surface area contributed by atoms with E-state index >= 15 is 0 Å². The van der Waals surface area contributed by atoms with E-state index in [2.05, 4.69) is 20.9 Å². The molecule has 6 heteroatoms. The number of benzene rings is 2. The summed E-state index contributed by atoms with van der Waals surface area (Å²) in [7, 11) is 0. The lowest BCUT2D eigenvalue weighted by Gasteiger charge is -2.11. The van der Waals surface area contributed by atoms with E-state index in [0.29, 0.717) is 26.5 Å². The summed E-state index contributed by atoms with van der Waals surface area (Å²) < 4.78 is 16.5. The van der Waals surface area contributed by atoms with Crippen molar-refractivity contribution in [2.75, 3.05) is 0 Å². The first-order valence-corrected chi connectivity index (χ1v) is 7.49. The van der Waals surface area contributed by atoms with Crippen molar-refractivity contribution in [2.45, 2.75) is 5.88 Å². The first kappa shape index (κ1) is 13.9. The molecule has 3 rings (SSSR count). The highest BCUT2D eigenvalue weighted by Gasteiger charge is 2.17. The third kappa shape index (κ3) is 2.22. The molecular formula is C14H8BrCl2FN2. The second kappa shape index (κ2) is 5.35. The minimum absolute atomic E-state index is 0.174. The standard InChI is InChI=1S/C14H8BrCl2FN2/c15-9-2-1-3-10(18)14(9)20-12-5-4-8(17)6-11(12)19-13(20)7-16/h1-6H,7H2. The Morgan fingerprint density at radius 3 is 2.75 bits per heavy atom. The van der Waals surface area contributed by atoms with Gasteiger partial charge < -0.3 is 0 Å². The fraction of sp³-hybridized carbons (Fsp3) is 0.0714. The Morgan fingerprint density at radius 2 is 2.05 bits per heavy atom. The zero-order chi connectivity index (χ0) is 14.3. The van der Waals surface area contributed by atoms with Crippen LogP contribution in [0.15, 0.2) is 40.9 Å². The van der Waals surface area contributed by atoms with E-state index in [1.54, 1.807) is 34.9 Å². The van der Waals surface area contributed by atoms with Crippen LogP contribution in [0.5, 0.6) is 0 Å². The molecule has 0 aliphatic rings. The van der Waals surface area contributed by atoms with E-state index in [1.807, 2.05) is 0 Å². The zero-order valence-electron chi connectivity index (χ0n) is 10.1. The van der Waals surface area contributed by atoms with Gasteiger partial charge in [0.05, 0.1) is 22.6 Å². The summed E-state index contributed by atoms with van der Waals surface area (Å²) >= 11 is 15.3. The molecule has 0 amide bonds. The highest BCUT2D eigenvalue weighted by molar-refractivity contribution is 9.10. The van der Waals surface area contributed by atoms with Crippen LogP contribution in [-0.2, 0) is 5.88 Å². The van der Waals surface area contributed by atoms with Gasteiger partial charge in [-0.1, -0.05) is 17.7 Å². The van der Waals surface area contributed by atoms with E-state index in [1.165, 1.54) is 6.07 Å². The number of aromatic nitrogens is 2. The molecule has 0 fully saturated rings. The Hall–Kier alpha value is -1.10. The normalized spacial score (nSPS) is 11.2. The summed E-state index contributed by atoms with van der Waals surface area (Å²) in [6.07, 6.45) is 0. The molecule has 0 saturated heterocycles. The predicted molar refractivity (Wildman–Crippen MR) is 83.3 cm³/mol.